The Balaban J connectivity index is 2.63. The van der Waals surface area contributed by atoms with Gasteiger partial charge in [-0.05, 0) is 84.8 Å². The van der Waals surface area contributed by atoms with Crippen LogP contribution >= 0.6 is 0 Å². The number of hydrogen-bond acceptors (Lipinski definition) is 2. The molecule has 0 aromatic rings. The molecule has 0 saturated heterocycles. The molecule has 226 valence electrons. The van der Waals surface area contributed by atoms with E-state index in [2.05, 4.69) is 108 Å². The molecule has 0 saturated carbocycles. The topological polar surface area (TPSA) is 37.3 Å². The summed E-state index contributed by atoms with van der Waals surface area (Å²) in [5.74, 6) is 0.155. The van der Waals surface area contributed by atoms with Crippen molar-refractivity contribution in [3.8, 4) is 0 Å². The maximum Gasteiger partial charge on any atom is 0.162 e. The summed E-state index contributed by atoms with van der Waals surface area (Å²) < 4.78 is 0. The van der Waals surface area contributed by atoms with Crippen molar-refractivity contribution in [2.24, 2.45) is 5.41 Å². The Morgan fingerprint density at radius 2 is 1.19 bits per heavy atom. The van der Waals surface area contributed by atoms with E-state index >= 15 is 0 Å². The minimum atomic E-state index is -0.230. The highest BCUT2D eigenvalue weighted by Gasteiger charge is 2.31. The van der Waals surface area contributed by atoms with Crippen molar-refractivity contribution >= 4 is 5.78 Å². The number of rotatable bonds is 13. The van der Waals surface area contributed by atoms with E-state index in [-0.39, 0.29) is 17.3 Å². The number of hydrogen-bond donors (Lipinski definition) is 1. The van der Waals surface area contributed by atoms with E-state index in [1.54, 1.807) is 0 Å². The van der Waals surface area contributed by atoms with Crippen LogP contribution in [0.5, 0.6) is 0 Å². The number of carbonyl (C=O) groups is 1. The Labute approximate surface area is 257 Å². The molecule has 2 heteroatoms. The second-order valence-electron chi connectivity index (χ2n) is 12.3. The van der Waals surface area contributed by atoms with Crippen molar-refractivity contribution in [2.45, 2.75) is 94.6 Å². The Hall–Kier alpha value is -3.49. The number of ketones is 1. The lowest BCUT2D eigenvalue weighted by Gasteiger charge is -2.35. The van der Waals surface area contributed by atoms with Crippen molar-refractivity contribution in [2.75, 3.05) is 0 Å². The average Bonchev–Trinajstić information content (AvgIpc) is 2.88. The molecule has 0 aromatic heterocycles. The average molecular weight is 567 g/mol. The van der Waals surface area contributed by atoms with Crippen LogP contribution < -0.4 is 0 Å². The zero-order chi connectivity index (χ0) is 31.7. The zero-order valence-corrected chi connectivity index (χ0v) is 27.8. The molecule has 0 aliphatic heterocycles. The van der Waals surface area contributed by atoms with Crippen LogP contribution in [0.2, 0.25) is 0 Å². The van der Waals surface area contributed by atoms with E-state index in [0.717, 1.165) is 35.1 Å². The lowest BCUT2D eigenvalue weighted by atomic mass is 9.71. The largest absolute Gasteiger partial charge is 0.393 e. The molecule has 0 fully saturated rings. The molecule has 1 N–H and O–H groups in total. The summed E-state index contributed by atoms with van der Waals surface area (Å²) in [5.41, 5.74) is 9.20. The van der Waals surface area contributed by atoms with Crippen molar-refractivity contribution in [3.05, 3.63) is 142 Å². The summed E-state index contributed by atoms with van der Waals surface area (Å²) in [7, 11) is 0. The van der Waals surface area contributed by atoms with Crippen molar-refractivity contribution in [1.29, 1.82) is 0 Å². The number of aliphatic hydroxyl groups is 1. The lowest BCUT2D eigenvalue weighted by Crippen LogP contribution is -2.28. The van der Waals surface area contributed by atoms with Gasteiger partial charge in [-0.2, -0.15) is 0 Å². The molecule has 42 heavy (non-hydrogen) atoms. The first-order chi connectivity index (χ1) is 19.7. The fourth-order valence-corrected chi connectivity index (χ4v) is 4.63. The van der Waals surface area contributed by atoms with Gasteiger partial charge in [0.1, 0.15) is 0 Å². The van der Waals surface area contributed by atoms with Gasteiger partial charge in [0.05, 0.1) is 6.10 Å². The molecule has 1 unspecified atom stereocenters. The van der Waals surface area contributed by atoms with Gasteiger partial charge >= 0.3 is 0 Å². The third-order valence-corrected chi connectivity index (χ3v) is 7.10. The highest BCUT2D eigenvalue weighted by molar-refractivity contribution is 5.96. The molecule has 2 nitrogen and oxygen atoms in total. The summed E-state index contributed by atoms with van der Waals surface area (Å²) in [4.78, 5) is 12.1. The third-order valence-electron chi connectivity index (χ3n) is 7.10. The van der Waals surface area contributed by atoms with Gasteiger partial charge in [-0.25, -0.2) is 0 Å². The fraction of sp³-hybridized carbons (Fsp3) is 0.375. The third kappa shape index (κ3) is 15.5. The van der Waals surface area contributed by atoms with Gasteiger partial charge in [-0.3, -0.25) is 4.79 Å². The monoisotopic (exact) mass is 566 g/mol. The van der Waals surface area contributed by atoms with Crippen LogP contribution in [0.3, 0.4) is 0 Å². The van der Waals surface area contributed by atoms with Crippen molar-refractivity contribution in [3.63, 3.8) is 0 Å². The van der Waals surface area contributed by atoms with Crippen LogP contribution in [0.15, 0.2) is 142 Å². The molecule has 0 spiro atoms. The van der Waals surface area contributed by atoms with Crippen LogP contribution in [-0.4, -0.2) is 17.0 Å². The number of allylic oxidation sites excluding steroid dienone is 23. The fourth-order valence-electron chi connectivity index (χ4n) is 4.63. The van der Waals surface area contributed by atoms with Crippen LogP contribution in [-0.2, 0) is 4.79 Å². The van der Waals surface area contributed by atoms with Gasteiger partial charge in [0.25, 0.3) is 0 Å². The Kier molecular flexibility index (Phi) is 16.4. The normalized spacial score (nSPS) is 19.9. The quantitative estimate of drug-likeness (QED) is 0.137. The molecule has 0 amide bonds. The summed E-state index contributed by atoms with van der Waals surface area (Å²) in [6.07, 6.45) is 34.8. The van der Waals surface area contributed by atoms with Crippen molar-refractivity contribution < 1.29 is 9.90 Å². The number of carbonyl (C=O) groups excluding carboxylic acids is 1. The first-order valence-corrected chi connectivity index (χ1v) is 15.0. The second kappa shape index (κ2) is 18.8. The Morgan fingerprint density at radius 3 is 1.67 bits per heavy atom. The molecule has 1 atom stereocenters. The van der Waals surface area contributed by atoms with Gasteiger partial charge in [0, 0.05) is 6.42 Å². The summed E-state index contributed by atoms with van der Waals surface area (Å²) in [5, 5.41) is 10.1. The van der Waals surface area contributed by atoms with Gasteiger partial charge < -0.3 is 5.11 Å². The molecule has 1 aliphatic carbocycles. The first-order valence-electron chi connectivity index (χ1n) is 15.0. The second-order valence-corrected chi connectivity index (χ2v) is 12.3. The molecular weight excluding hydrogens is 512 g/mol. The van der Waals surface area contributed by atoms with E-state index in [0.29, 0.717) is 6.42 Å². The first kappa shape index (κ1) is 36.5. The molecule has 1 rings (SSSR count). The van der Waals surface area contributed by atoms with Crippen LogP contribution in [0, 0.1) is 5.41 Å². The van der Waals surface area contributed by atoms with Gasteiger partial charge in [-0.1, -0.05) is 145 Å². The minimum Gasteiger partial charge on any atom is -0.393 e. The van der Waals surface area contributed by atoms with Gasteiger partial charge in [0.15, 0.2) is 5.78 Å². The van der Waals surface area contributed by atoms with E-state index in [9.17, 15) is 9.90 Å². The molecular formula is C40H54O2. The van der Waals surface area contributed by atoms with Crippen LogP contribution in [0.4, 0.5) is 0 Å². The summed E-state index contributed by atoms with van der Waals surface area (Å²) in [6.45, 7) is 20.8. The number of Topliss-reactive ketones (excluding diaryl/α,β-unsaturated/α-hetero) is 1. The highest BCUT2D eigenvalue weighted by Crippen LogP contribution is 2.41. The summed E-state index contributed by atoms with van der Waals surface area (Å²) >= 11 is 0. The van der Waals surface area contributed by atoms with E-state index in [1.807, 2.05) is 58.1 Å². The van der Waals surface area contributed by atoms with Crippen LogP contribution in [0.25, 0.3) is 0 Å². The summed E-state index contributed by atoms with van der Waals surface area (Å²) in [6, 6.07) is 0. The molecule has 1 aliphatic rings. The van der Waals surface area contributed by atoms with E-state index in [4.69, 9.17) is 0 Å². The molecule has 0 bridgehead atoms. The predicted octanol–water partition coefficient (Wildman–Crippen LogP) is 10.9. The minimum absolute atomic E-state index is 0.00116. The van der Waals surface area contributed by atoms with E-state index in [1.165, 1.54) is 22.3 Å². The molecule has 0 radical (unpaired) electrons. The lowest BCUT2D eigenvalue weighted by molar-refractivity contribution is -0.114. The van der Waals surface area contributed by atoms with Gasteiger partial charge in [0.2, 0.25) is 0 Å². The zero-order valence-electron chi connectivity index (χ0n) is 27.8. The molecule has 0 aromatic carbocycles. The van der Waals surface area contributed by atoms with Crippen LogP contribution in [0.1, 0.15) is 88.5 Å². The SMILES string of the molecule is CC(C)=CCC(=O)/C(C)=C/C=C/C(C)=C/C=C/C(C)=C/C=C/C=C(C)/C=C/C=C(C)/C=C/C1=C(C)CC(O)CC1(C)C. The van der Waals surface area contributed by atoms with E-state index < -0.39 is 0 Å². The molecule has 0 heterocycles. The number of aliphatic hydroxyl groups excluding tert-OH is 1. The van der Waals surface area contributed by atoms with Gasteiger partial charge in [-0.15, -0.1) is 0 Å². The maximum absolute atomic E-state index is 12.1. The smallest absolute Gasteiger partial charge is 0.162 e. The van der Waals surface area contributed by atoms with Crippen molar-refractivity contribution in [1.82, 2.24) is 0 Å². The maximum atomic E-state index is 12.1. The predicted molar refractivity (Wildman–Crippen MR) is 185 cm³/mol. The Morgan fingerprint density at radius 1 is 0.738 bits per heavy atom. The highest BCUT2D eigenvalue weighted by atomic mass is 16.3. The Bertz CT molecular complexity index is 1300. The standard InChI is InChI=1S/C40H54O2/c1-30(2)24-27-39(42)35(7)23-15-22-33(5)20-13-18-31(3)16-11-12-17-32(4)19-14-21-34(6)25-26-38-36(8)28-37(41)29-40(38,9)10/h11-26,37,41H,27-29H2,1-10H3/b12-11+,18-13+,19-14+,22-15+,26-25+,31-16+,32-17+,33-20+,34-21+,35-23+.